The van der Waals surface area contributed by atoms with Crippen molar-refractivity contribution in [3.05, 3.63) is 35.1 Å². The van der Waals surface area contributed by atoms with E-state index >= 15 is 0 Å². The molecule has 4 aliphatic rings. The van der Waals surface area contributed by atoms with Crippen LogP contribution in [0.2, 0.25) is 0 Å². The highest BCUT2D eigenvalue weighted by Gasteiger charge is 2.72. The Bertz CT molecular complexity index is 1330. The number of carboxylic acids is 2. The van der Waals surface area contributed by atoms with Crippen molar-refractivity contribution >= 4 is 23.9 Å². The number of likely N-dealkylation sites (tertiary alicyclic amines) is 1. The molecule has 12 nitrogen and oxygen atoms in total. The van der Waals surface area contributed by atoms with Gasteiger partial charge in [0.15, 0.2) is 23.7 Å². The number of ether oxygens (including phenoxy) is 4. The average molecular weight is 602 g/mol. The molecule has 5 rings (SSSR count). The quantitative estimate of drug-likeness (QED) is 0.389. The summed E-state index contributed by atoms with van der Waals surface area (Å²) in [5.74, 6) is -4.10. The summed E-state index contributed by atoms with van der Waals surface area (Å²) in [6, 6.07) is 3.74. The fourth-order valence-electron chi connectivity index (χ4n) is 6.30. The van der Waals surface area contributed by atoms with Gasteiger partial charge in [-0.15, -0.1) is 0 Å². The normalized spacial score (nSPS) is 27.6. The lowest BCUT2D eigenvalue weighted by Gasteiger charge is -2.61. The maximum absolute atomic E-state index is 12.8. The van der Waals surface area contributed by atoms with Crippen molar-refractivity contribution in [2.45, 2.75) is 74.5 Å². The highest BCUT2D eigenvalue weighted by Crippen LogP contribution is 2.65. The van der Waals surface area contributed by atoms with Crippen LogP contribution in [0, 0.1) is 0 Å². The molecule has 0 saturated carbocycles. The maximum atomic E-state index is 12.8. The lowest BCUT2D eigenvalue weighted by atomic mass is 9.50. The number of halogens is 3. The molecule has 2 aliphatic heterocycles. The largest absolute Gasteiger partial charge is 0.493 e. The standard InChI is InChI=1S/C25H29NO9.C2HF3O2/c1-13(33-19(29)7-6-18(27)28)23(30)34-16-8-9-25(31)17-12-14-4-5-15(32-3)21-20(14)24(25,22(16)35-21)10-11-26(17)2;3-2(4,5)1(6)7/h4-5,8,13,17,22,31H,6-7,9-12H2,1-3H3,(H,27,28);(H,6,7)/t13?,17-,22+,24+,25-;/m1./s1. The van der Waals surface area contributed by atoms with Gasteiger partial charge in [0.2, 0.25) is 0 Å². The number of esters is 2. The third kappa shape index (κ3) is 5.15. The number of hydrogen-bond acceptors (Lipinski definition) is 10. The lowest BCUT2D eigenvalue weighted by Crippen LogP contribution is -2.74. The Balaban J connectivity index is 0.000000517. The minimum atomic E-state index is -5.08. The first-order valence-corrected chi connectivity index (χ1v) is 13.0. The van der Waals surface area contributed by atoms with Crippen molar-refractivity contribution in [3.8, 4) is 11.5 Å². The van der Waals surface area contributed by atoms with Crippen LogP contribution in [0.15, 0.2) is 24.0 Å². The summed E-state index contributed by atoms with van der Waals surface area (Å²) in [6.45, 7) is 2.11. The molecule has 0 radical (unpaired) electrons. The third-order valence-electron chi connectivity index (χ3n) is 8.20. The van der Waals surface area contributed by atoms with Crippen LogP contribution < -0.4 is 9.47 Å². The van der Waals surface area contributed by atoms with Crippen LogP contribution in [-0.2, 0) is 40.5 Å². The van der Waals surface area contributed by atoms with Crippen molar-refractivity contribution in [3.63, 3.8) is 0 Å². The monoisotopic (exact) mass is 601 g/mol. The average Bonchev–Trinajstić information content (AvgIpc) is 3.26. The van der Waals surface area contributed by atoms with Gasteiger partial charge in [-0.1, -0.05) is 6.07 Å². The molecule has 2 bridgehead atoms. The van der Waals surface area contributed by atoms with E-state index in [0.29, 0.717) is 24.3 Å². The number of carboxylic acid groups (broad SMARTS) is 2. The Morgan fingerprint density at radius 3 is 2.45 bits per heavy atom. The number of nitrogens with zero attached hydrogens (tertiary/aromatic N) is 1. The number of carbonyl (C=O) groups excluding carboxylic acids is 2. The third-order valence-corrected chi connectivity index (χ3v) is 8.20. The lowest BCUT2D eigenvalue weighted by molar-refractivity contribution is -0.192. The summed E-state index contributed by atoms with van der Waals surface area (Å²) in [6.07, 6.45) is -4.57. The summed E-state index contributed by atoms with van der Waals surface area (Å²) in [4.78, 5) is 46.4. The molecule has 1 aromatic rings. The molecule has 15 heteroatoms. The van der Waals surface area contributed by atoms with Crippen LogP contribution in [-0.4, -0.2) is 94.8 Å². The van der Waals surface area contributed by atoms with Crippen molar-refractivity contribution in [2.24, 2.45) is 0 Å². The van der Waals surface area contributed by atoms with Crippen LogP contribution in [0.1, 0.15) is 43.7 Å². The van der Waals surface area contributed by atoms with Gasteiger partial charge in [0, 0.05) is 18.0 Å². The molecule has 1 unspecified atom stereocenters. The molecule has 0 amide bonds. The van der Waals surface area contributed by atoms with Crippen LogP contribution in [0.5, 0.6) is 11.5 Å². The Labute approximate surface area is 237 Å². The molecule has 1 saturated heterocycles. The molecule has 0 aromatic heterocycles. The van der Waals surface area contributed by atoms with Crippen molar-refractivity contribution in [1.29, 1.82) is 0 Å². The molecule has 230 valence electrons. The summed E-state index contributed by atoms with van der Waals surface area (Å²) in [5, 5.41) is 28.0. The molecule has 5 atom stereocenters. The van der Waals surface area contributed by atoms with Crippen molar-refractivity contribution in [1.82, 2.24) is 4.90 Å². The van der Waals surface area contributed by atoms with Gasteiger partial charge in [-0.05, 0) is 51.1 Å². The zero-order valence-corrected chi connectivity index (χ0v) is 22.9. The molecule has 2 heterocycles. The second kappa shape index (κ2) is 11.1. The van der Waals surface area contributed by atoms with Gasteiger partial charge in [0.25, 0.3) is 0 Å². The molecule has 42 heavy (non-hydrogen) atoms. The van der Waals surface area contributed by atoms with Crippen LogP contribution in [0.25, 0.3) is 0 Å². The minimum Gasteiger partial charge on any atom is -0.493 e. The minimum absolute atomic E-state index is 0.128. The predicted molar refractivity (Wildman–Crippen MR) is 134 cm³/mol. The molecular weight excluding hydrogens is 571 g/mol. The van der Waals surface area contributed by atoms with Gasteiger partial charge in [0.05, 0.1) is 31.0 Å². The molecular formula is C27H30F3NO11. The Hall–Kier alpha value is -3.85. The van der Waals surface area contributed by atoms with E-state index < -0.39 is 53.3 Å². The van der Waals surface area contributed by atoms with E-state index in [1.165, 1.54) is 6.92 Å². The van der Waals surface area contributed by atoms with E-state index in [1.807, 2.05) is 19.2 Å². The smallest absolute Gasteiger partial charge is 0.490 e. The molecule has 1 spiro atoms. The fraction of sp³-hybridized carbons (Fsp3) is 0.556. The predicted octanol–water partition coefficient (Wildman–Crippen LogP) is 1.95. The van der Waals surface area contributed by atoms with E-state index in [0.717, 1.165) is 17.7 Å². The number of aliphatic hydroxyl groups is 1. The number of hydrogen-bond donors (Lipinski definition) is 3. The molecule has 1 aromatic carbocycles. The highest BCUT2D eigenvalue weighted by molar-refractivity contribution is 5.81. The maximum Gasteiger partial charge on any atom is 0.490 e. The van der Waals surface area contributed by atoms with E-state index in [4.69, 9.17) is 34.0 Å². The van der Waals surface area contributed by atoms with E-state index in [1.54, 1.807) is 13.2 Å². The van der Waals surface area contributed by atoms with Gasteiger partial charge < -0.3 is 39.2 Å². The van der Waals surface area contributed by atoms with E-state index in [9.17, 15) is 32.7 Å². The number of piperidine rings is 1. The number of rotatable bonds is 7. The zero-order chi connectivity index (χ0) is 31.2. The van der Waals surface area contributed by atoms with Crippen molar-refractivity contribution in [2.75, 3.05) is 20.7 Å². The Kier molecular flexibility index (Phi) is 8.21. The molecule has 1 fully saturated rings. The van der Waals surface area contributed by atoms with Gasteiger partial charge >= 0.3 is 30.1 Å². The van der Waals surface area contributed by atoms with Gasteiger partial charge in [-0.25, -0.2) is 9.59 Å². The number of aliphatic carboxylic acids is 2. The Morgan fingerprint density at radius 2 is 1.86 bits per heavy atom. The number of benzene rings is 1. The highest BCUT2D eigenvalue weighted by atomic mass is 19.4. The fourth-order valence-corrected chi connectivity index (χ4v) is 6.30. The topological polar surface area (TPSA) is 169 Å². The molecule has 2 aliphatic carbocycles. The van der Waals surface area contributed by atoms with Crippen LogP contribution >= 0.6 is 0 Å². The number of alkyl halides is 3. The summed E-state index contributed by atoms with van der Waals surface area (Å²) >= 11 is 0. The number of likely N-dealkylation sites (N-methyl/N-ethyl adjacent to an activating group) is 1. The van der Waals surface area contributed by atoms with Crippen molar-refractivity contribution < 1.29 is 66.6 Å². The Morgan fingerprint density at radius 1 is 1.19 bits per heavy atom. The van der Waals surface area contributed by atoms with Gasteiger partial charge in [-0.2, -0.15) is 13.2 Å². The van der Waals surface area contributed by atoms with Gasteiger partial charge in [0.1, 0.15) is 5.76 Å². The van der Waals surface area contributed by atoms with E-state index in [2.05, 4.69) is 4.90 Å². The molecule has 3 N–H and O–H groups in total. The summed E-state index contributed by atoms with van der Waals surface area (Å²) in [5.41, 5.74) is 0.0642. The number of methoxy groups -OCH3 is 1. The zero-order valence-electron chi connectivity index (χ0n) is 22.9. The van der Waals surface area contributed by atoms with Crippen LogP contribution in [0.3, 0.4) is 0 Å². The van der Waals surface area contributed by atoms with E-state index in [-0.39, 0.29) is 31.1 Å². The van der Waals surface area contributed by atoms with Crippen LogP contribution in [0.4, 0.5) is 13.2 Å². The first-order valence-electron chi connectivity index (χ1n) is 13.0. The second-order valence-corrected chi connectivity index (χ2v) is 10.5. The second-order valence-electron chi connectivity index (χ2n) is 10.5. The summed E-state index contributed by atoms with van der Waals surface area (Å²) in [7, 11) is 3.57. The summed E-state index contributed by atoms with van der Waals surface area (Å²) < 4.78 is 54.5. The first-order chi connectivity index (χ1) is 19.6. The van der Waals surface area contributed by atoms with Gasteiger partial charge in [-0.3, -0.25) is 9.59 Å². The number of carbonyl (C=O) groups is 4. The first kappa shape index (κ1) is 31.1. The SMILES string of the molecule is COc1ccc2c3c1O[C@H]1C(OC(=O)C(C)OC(=O)CCC(=O)O)=CC[C@@]4(O)[C@@H](C2)N(C)CC[C@]314.O=C(O)C(F)(F)F.